The maximum Gasteiger partial charge on any atom is 0.334 e. The fourth-order valence-electron chi connectivity index (χ4n) is 2.75. The Labute approximate surface area is 139 Å². The van der Waals surface area contributed by atoms with E-state index in [4.69, 9.17) is 9.47 Å². The number of rotatable bonds is 8. The summed E-state index contributed by atoms with van der Waals surface area (Å²) >= 11 is 0. The minimum Gasteiger partial charge on any atom is -0.483 e. The van der Waals surface area contributed by atoms with Gasteiger partial charge in [-0.15, -0.1) is 0 Å². The van der Waals surface area contributed by atoms with Gasteiger partial charge in [-0.2, -0.15) is 0 Å². The second-order valence-electron chi connectivity index (χ2n) is 5.92. The lowest BCUT2D eigenvalue weighted by atomic mass is 9.86. The molecule has 0 radical (unpaired) electrons. The number of carbonyl (C=O) groups is 2. The molecular formula is C19H28O4. The molecule has 128 valence electrons. The van der Waals surface area contributed by atoms with Gasteiger partial charge in [-0.1, -0.05) is 26.8 Å². The monoisotopic (exact) mass is 320 g/mol. The maximum absolute atomic E-state index is 11.5. The molecule has 0 unspecified atom stereocenters. The summed E-state index contributed by atoms with van der Waals surface area (Å²) in [6, 6.07) is 0. The van der Waals surface area contributed by atoms with E-state index in [1.165, 1.54) is 13.2 Å². The third-order valence-electron chi connectivity index (χ3n) is 4.23. The van der Waals surface area contributed by atoms with Crippen LogP contribution >= 0.6 is 0 Å². The number of hydrogen-bond acceptors (Lipinski definition) is 4. The first-order valence-electron chi connectivity index (χ1n) is 8.29. The van der Waals surface area contributed by atoms with Gasteiger partial charge in [-0.3, -0.25) is 4.79 Å². The van der Waals surface area contributed by atoms with Crippen molar-refractivity contribution in [3.05, 3.63) is 35.6 Å². The molecule has 1 rings (SSSR count). The van der Waals surface area contributed by atoms with Crippen LogP contribution in [0.1, 0.15) is 53.4 Å². The van der Waals surface area contributed by atoms with Crippen molar-refractivity contribution in [3.8, 4) is 0 Å². The van der Waals surface area contributed by atoms with Gasteiger partial charge in [0.15, 0.2) is 5.78 Å². The number of ether oxygens (including phenoxy) is 2. The van der Waals surface area contributed by atoms with Gasteiger partial charge < -0.3 is 9.47 Å². The van der Waals surface area contributed by atoms with Gasteiger partial charge >= 0.3 is 5.97 Å². The van der Waals surface area contributed by atoms with E-state index >= 15 is 0 Å². The minimum absolute atomic E-state index is 0.0532. The zero-order valence-electron chi connectivity index (χ0n) is 14.8. The Bertz CT molecular complexity index is 527. The smallest absolute Gasteiger partial charge is 0.334 e. The van der Waals surface area contributed by atoms with Crippen molar-refractivity contribution in [2.75, 3.05) is 7.11 Å². The molecule has 1 aliphatic heterocycles. The topological polar surface area (TPSA) is 52.6 Å². The zero-order valence-corrected chi connectivity index (χ0v) is 14.8. The van der Waals surface area contributed by atoms with Crippen molar-refractivity contribution < 1.29 is 19.1 Å². The van der Waals surface area contributed by atoms with Crippen LogP contribution in [-0.2, 0) is 19.1 Å². The van der Waals surface area contributed by atoms with Crippen molar-refractivity contribution in [2.45, 2.75) is 59.0 Å². The van der Waals surface area contributed by atoms with Gasteiger partial charge in [-0.25, -0.2) is 4.79 Å². The molecule has 0 spiro atoms. The molecule has 0 aromatic rings. The third-order valence-corrected chi connectivity index (χ3v) is 4.23. The Morgan fingerprint density at radius 3 is 2.52 bits per heavy atom. The number of methoxy groups -OCH3 is 1. The Hall–Kier alpha value is -1.84. The molecule has 4 nitrogen and oxygen atoms in total. The Kier molecular flexibility index (Phi) is 7.27. The van der Waals surface area contributed by atoms with Crippen LogP contribution in [0.3, 0.4) is 0 Å². The number of hydrogen-bond donors (Lipinski definition) is 0. The maximum atomic E-state index is 11.5. The van der Waals surface area contributed by atoms with E-state index in [0.717, 1.165) is 31.3 Å². The molecule has 0 aromatic carbocycles. The molecule has 2 atom stereocenters. The molecular weight excluding hydrogens is 292 g/mol. The second kappa shape index (κ2) is 8.70. The summed E-state index contributed by atoms with van der Waals surface area (Å²) in [5.41, 5.74) is 0.607. The second-order valence-corrected chi connectivity index (χ2v) is 5.92. The summed E-state index contributed by atoms with van der Waals surface area (Å²) in [5.74, 6) is 0.504. The number of carbonyl (C=O) groups excluding carboxylic acids is 2. The molecule has 0 saturated heterocycles. The molecule has 23 heavy (non-hydrogen) atoms. The minimum atomic E-state index is -0.424. The standard InChI is InChI=1S/C19H28O4/c1-6-15(10-9-14(4)20)12-19(8-3)13-16(7-2)17(23-19)11-18(21)22-5/h9-11,13,15H,6-8,12H2,1-5H3/b10-9+,17-11-/t15-,19+/m0/s1. The normalized spacial score (nSPS) is 23.7. The summed E-state index contributed by atoms with van der Waals surface area (Å²) < 4.78 is 10.9. The zero-order chi connectivity index (χ0) is 17.5. The van der Waals surface area contributed by atoms with E-state index in [0.29, 0.717) is 5.76 Å². The molecule has 0 bridgehead atoms. The van der Waals surface area contributed by atoms with Gasteiger partial charge in [0.05, 0.1) is 13.2 Å². The highest BCUT2D eigenvalue weighted by Gasteiger charge is 2.37. The lowest BCUT2D eigenvalue weighted by Crippen LogP contribution is -2.28. The average molecular weight is 320 g/mol. The summed E-state index contributed by atoms with van der Waals surface area (Å²) in [6.07, 6.45) is 10.5. The first-order valence-corrected chi connectivity index (χ1v) is 8.29. The van der Waals surface area contributed by atoms with Crippen LogP contribution in [0, 0.1) is 5.92 Å². The molecule has 0 aromatic heterocycles. The SMILES string of the molecule is CCC1=C[C@@](CC)(C[C@H](/C=C/C(C)=O)CC)O/C1=C\C(=O)OC. The predicted molar refractivity (Wildman–Crippen MR) is 90.8 cm³/mol. The van der Waals surface area contributed by atoms with E-state index in [1.54, 1.807) is 13.0 Å². The molecule has 4 heteroatoms. The molecule has 1 heterocycles. The highest BCUT2D eigenvalue weighted by molar-refractivity contribution is 5.87. The highest BCUT2D eigenvalue weighted by atomic mass is 16.5. The van der Waals surface area contributed by atoms with E-state index in [2.05, 4.69) is 19.9 Å². The van der Waals surface area contributed by atoms with E-state index in [9.17, 15) is 9.59 Å². The molecule has 1 aliphatic rings. The Morgan fingerprint density at radius 1 is 1.35 bits per heavy atom. The van der Waals surface area contributed by atoms with Crippen molar-refractivity contribution in [3.63, 3.8) is 0 Å². The van der Waals surface area contributed by atoms with Crippen molar-refractivity contribution in [2.24, 2.45) is 5.92 Å². The van der Waals surface area contributed by atoms with Crippen LogP contribution in [0.5, 0.6) is 0 Å². The van der Waals surface area contributed by atoms with Crippen LogP contribution in [0.2, 0.25) is 0 Å². The summed E-state index contributed by atoms with van der Waals surface area (Å²) in [7, 11) is 1.36. The average Bonchev–Trinajstić information content (AvgIpc) is 2.89. The fraction of sp³-hybridized carbons (Fsp3) is 0.579. The number of ketones is 1. The van der Waals surface area contributed by atoms with Crippen LogP contribution in [0.25, 0.3) is 0 Å². The van der Waals surface area contributed by atoms with Gasteiger partial charge in [0, 0.05) is 0 Å². The van der Waals surface area contributed by atoms with E-state index in [-0.39, 0.29) is 11.7 Å². The Balaban J connectivity index is 3.01. The molecule has 0 aliphatic carbocycles. The summed E-state index contributed by atoms with van der Waals surface area (Å²) in [5, 5.41) is 0. The highest BCUT2D eigenvalue weighted by Crippen LogP contribution is 2.40. The number of allylic oxidation sites excluding steroid dienone is 3. The van der Waals surface area contributed by atoms with E-state index < -0.39 is 11.6 Å². The lowest BCUT2D eigenvalue weighted by molar-refractivity contribution is -0.135. The predicted octanol–water partition coefficient (Wildman–Crippen LogP) is 4.12. The van der Waals surface area contributed by atoms with Gasteiger partial charge in [0.2, 0.25) is 0 Å². The van der Waals surface area contributed by atoms with Crippen molar-refractivity contribution in [1.29, 1.82) is 0 Å². The molecule has 0 fully saturated rings. The van der Waals surface area contributed by atoms with Crippen LogP contribution < -0.4 is 0 Å². The quantitative estimate of drug-likeness (QED) is 0.498. The van der Waals surface area contributed by atoms with E-state index in [1.807, 2.05) is 13.0 Å². The van der Waals surface area contributed by atoms with Crippen LogP contribution in [-0.4, -0.2) is 24.5 Å². The van der Waals surface area contributed by atoms with Gasteiger partial charge in [-0.05, 0) is 56.3 Å². The fourth-order valence-corrected chi connectivity index (χ4v) is 2.75. The Morgan fingerprint density at radius 2 is 2.04 bits per heavy atom. The van der Waals surface area contributed by atoms with Crippen molar-refractivity contribution >= 4 is 11.8 Å². The summed E-state index contributed by atoms with van der Waals surface area (Å²) in [6.45, 7) is 7.77. The molecule has 0 N–H and O–H groups in total. The number of esters is 1. The molecule has 0 amide bonds. The first kappa shape index (κ1) is 19.2. The van der Waals surface area contributed by atoms with Crippen LogP contribution in [0.4, 0.5) is 0 Å². The van der Waals surface area contributed by atoms with Crippen molar-refractivity contribution in [1.82, 2.24) is 0 Å². The lowest BCUT2D eigenvalue weighted by Gasteiger charge is -2.29. The molecule has 0 saturated carbocycles. The first-order chi connectivity index (χ1) is 10.9. The van der Waals surface area contributed by atoms with Crippen LogP contribution in [0.15, 0.2) is 35.6 Å². The third kappa shape index (κ3) is 5.38. The summed E-state index contributed by atoms with van der Waals surface area (Å²) in [4.78, 5) is 22.7. The van der Waals surface area contributed by atoms with Gasteiger partial charge in [0.25, 0.3) is 0 Å². The largest absolute Gasteiger partial charge is 0.483 e. The van der Waals surface area contributed by atoms with Gasteiger partial charge in [0.1, 0.15) is 11.4 Å².